The molecular weight excluding hydrogens is 1460 g/mol. The molecule has 21 aromatic rings. The van der Waals surface area contributed by atoms with Gasteiger partial charge in [0, 0.05) is 109 Å². The molecule has 3 heterocycles. The summed E-state index contributed by atoms with van der Waals surface area (Å²) in [5, 5.41) is 14.6. The van der Waals surface area contributed by atoms with Crippen LogP contribution in [0.15, 0.2) is 449 Å². The molecule has 20 aromatic carbocycles. The highest BCUT2D eigenvalue weighted by atomic mass is 32.2. The number of fused-ring (bicyclic) bond motifs is 12. The predicted molar refractivity (Wildman–Crippen MR) is 495 cm³/mol. The molecule has 0 unspecified atom stereocenters. The smallest absolute Gasteiger partial charge is 0.135 e. The van der Waals surface area contributed by atoms with Crippen molar-refractivity contribution in [1.82, 2.24) is 0 Å². The largest absolute Gasteiger partial charge is 0.456 e. The Balaban J connectivity index is 0.531. The Kier molecular flexibility index (Phi) is 16.4. The standard InChI is InChI=1S/C110H70N4OS2/c1-6-22-81(23-7-1)111(82-24-8-2-9-25-82)91-55-58-94-101-66-78-43-41-76(64-98(78)96-34-19-37-105(109(96)101)116-107(94)69-91)71-45-50-86(51-46-71)112(83-26-10-3-11-27-83)88-32-18-21-74(62-88)75-40-39-73-49-54-89(63-80(73)61-75)114(85-30-14-5-15-31-85)92-56-59-95-102-67-79-44-42-77(65-99(79)97-35-20-38-106(110(97)102)117-108(95)70-92)72-47-52-87(53-48-72)113(84-28-12-4-13-29-84)90-57-60-104-100(68-90)93-33-16-17-36-103(93)115-104/h1-70H. The average Bonchev–Trinajstić information content (AvgIpc) is 1.31. The Morgan fingerprint density at radius 1 is 0.162 bits per heavy atom. The van der Waals surface area contributed by atoms with E-state index in [9.17, 15) is 0 Å². The Bertz CT molecular complexity index is 7470. The minimum atomic E-state index is 0.882. The van der Waals surface area contributed by atoms with Crippen molar-refractivity contribution in [2.45, 2.75) is 19.6 Å². The van der Waals surface area contributed by atoms with Crippen LogP contribution in [0.25, 0.3) is 131 Å². The van der Waals surface area contributed by atoms with E-state index in [1.807, 2.05) is 35.7 Å². The van der Waals surface area contributed by atoms with Gasteiger partial charge in [0.05, 0.1) is 0 Å². The molecule has 0 saturated carbocycles. The molecule has 7 heteroatoms. The summed E-state index contributed by atoms with van der Waals surface area (Å²) in [4.78, 5) is 14.5. The lowest BCUT2D eigenvalue weighted by Crippen LogP contribution is -2.10. The average molecular weight is 1530 g/mol. The molecule has 2 aliphatic heterocycles. The van der Waals surface area contributed by atoms with E-state index in [0.29, 0.717) is 0 Å². The van der Waals surface area contributed by atoms with Crippen LogP contribution in [0.2, 0.25) is 0 Å². The molecule has 548 valence electrons. The number of nitrogens with zero attached hydrogens (tertiary/aromatic N) is 4. The van der Waals surface area contributed by atoms with Gasteiger partial charge in [-0.15, -0.1) is 0 Å². The highest BCUT2D eigenvalue weighted by Crippen LogP contribution is 2.55. The van der Waals surface area contributed by atoms with Gasteiger partial charge in [-0.3, -0.25) is 0 Å². The fourth-order valence-corrected chi connectivity index (χ4v) is 20.3. The SMILES string of the molecule is c1ccc(N(c2ccc(-c3ccc4cc5c6c(cccc6c4c3)Sc3cc(N(c4ccccc4)c4ccccc4)ccc3-5)cc2)c2cccc(-c3ccc4ccc(N(c5ccccc5)c5ccc6c(c5)Sc5cccc7c5c-6cc5ccc(-c6ccc(N(c8ccccc8)c8ccc9oc%10ccccc%10c9c8)cc6)cc57)cc4c3)c2)cc1. The van der Waals surface area contributed by atoms with Crippen LogP contribution >= 0.6 is 23.5 Å². The molecule has 0 radical (unpaired) electrons. The van der Waals surface area contributed by atoms with Gasteiger partial charge in [0.15, 0.2) is 0 Å². The maximum Gasteiger partial charge on any atom is 0.135 e. The predicted octanol–water partition coefficient (Wildman–Crippen LogP) is 32.5. The molecule has 0 saturated heterocycles. The second-order valence-electron chi connectivity index (χ2n) is 30.3. The molecule has 0 N–H and O–H groups in total. The molecule has 0 bridgehead atoms. The first kappa shape index (κ1) is 68.0. The normalized spacial score (nSPS) is 12.0. The molecular formula is C110H70N4OS2. The van der Waals surface area contributed by atoms with Crippen molar-refractivity contribution in [1.29, 1.82) is 0 Å². The molecule has 0 atom stereocenters. The third-order valence-corrected chi connectivity index (χ3v) is 25.7. The fraction of sp³-hybridized carbons (Fsp3) is 0. The van der Waals surface area contributed by atoms with Crippen LogP contribution in [0.3, 0.4) is 0 Å². The van der Waals surface area contributed by atoms with Gasteiger partial charge in [-0.2, -0.15) is 0 Å². The molecule has 23 rings (SSSR count). The zero-order valence-corrected chi connectivity index (χ0v) is 65.1. The van der Waals surface area contributed by atoms with Gasteiger partial charge in [-0.1, -0.05) is 248 Å². The second kappa shape index (κ2) is 28.2. The summed E-state index contributed by atoms with van der Waals surface area (Å²) in [7, 11) is 0. The van der Waals surface area contributed by atoms with Gasteiger partial charge in [0.25, 0.3) is 0 Å². The lowest BCUT2D eigenvalue weighted by molar-refractivity contribution is 0.669. The van der Waals surface area contributed by atoms with Gasteiger partial charge in [0.2, 0.25) is 0 Å². The summed E-state index contributed by atoms with van der Waals surface area (Å²) in [6.45, 7) is 0. The first-order valence-electron chi connectivity index (χ1n) is 39.8. The molecule has 0 aliphatic carbocycles. The summed E-state index contributed by atoms with van der Waals surface area (Å²) in [6, 6.07) is 156. The third kappa shape index (κ3) is 12.0. The van der Waals surface area contributed by atoms with E-state index in [4.69, 9.17) is 4.42 Å². The van der Waals surface area contributed by atoms with Crippen LogP contribution in [0.5, 0.6) is 0 Å². The van der Waals surface area contributed by atoms with Gasteiger partial charge >= 0.3 is 0 Å². The second-order valence-corrected chi connectivity index (χ2v) is 32.5. The van der Waals surface area contributed by atoms with E-state index in [1.165, 1.54) is 107 Å². The Morgan fingerprint density at radius 2 is 0.504 bits per heavy atom. The lowest BCUT2D eigenvalue weighted by atomic mass is 9.91. The van der Waals surface area contributed by atoms with Crippen LogP contribution in [0.1, 0.15) is 0 Å². The molecule has 0 spiro atoms. The van der Waals surface area contributed by atoms with Crippen molar-refractivity contribution in [3.63, 3.8) is 0 Å². The molecule has 2 aliphatic rings. The monoisotopic (exact) mass is 1530 g/mol. The van der Waals surface area contributed by atoms with Crippen molar-refractivity contribution < 1.29 is 4.42 Å². The summed E-state index contributed by atoms with van der Waals surface area (Å²) < 4.78 is 6.25. The van der Waals surface area contributed by atoms with E-state index in [1.54, 1.807) is 0 Å². The number of hydrogen-bond acceptors (Lipinski definition) is 7. The number of rotatable bonds is 15. The van der Waals surface area contributed by atoms with Crippen molar-refractivity contribution >= 4 is 168 Å². The maximum atomic E-state index is 6.25. The Labute approximate surface area is 686 Å². The highest BCUT2D eigenvalue weighted by molar-refractivity contribution is 8.00. The molecule has 0 fully saturated rings. The molecule has 5 nitrogen and oxygen atoms in total. The van der Waals surface area contributed by atoms with Crippen LogP contribution < -0.4 is 19.6 Å². The summed E-state index contributed by atoms with van der Waals surface area (Å²) in [6.07, 6.45) is 0. The fourth-order valence-electron chi connectivity index (χ4n) is 18.0. The van der Waals surface area contributed by atoms with Crippen LogP contribution in [-0.4, -0.2) is 0 Å². The first-order chi connectivity index (χ1) is 57.9. The van der Waals surface area contributed by atoms with Crippen molar-refractivity contribution in [3.8, 4) is 55.6 Å². The van der Waals surface area contributed by atoms with E-state index < -0.39 is 0 Å². The minimum Gasteiger partial charge on any atom is -0.456 e. The zero-order valence-electron chi connectivity index (χ0n) is 63.4. The third-order valence-electron chi connectivity index (χ3n) is 23.5. The summed E-state index contributed by atoms with van der Waals surface area (Å²) >= 11 is 3.74. The van der Waals surface area contributed by atoms with Gasteiger partial charge < -0.3 is 24.0 Å². The summed E-state index contributed by atoms with van der Waals surface area (Å²) in [5.74, 6) is 0. The number of hydrogen-bond donors (Lipinski definition) is 0. The van der Waals surface area contributed by atoms with Gasteiger partial charge in [-0.25, -0.2) is 0 Å². The van der Waals surface area contributed by atoms with E-state index >= 15 is 0 Å². The number of benzene rings is 20. The molecule has 1 aromatic heterocycles. The van der Waals surface area contributed by atoms with Crippen LogP contribution in [0, 0.1) is 0 Å². The lowest BCUT2D eigenvalue weighted by Gasteiger charge is -2.28. The number of furan rings is 1. The zero-order chi connectivity index (χ0) is 77.0. The van der Waals surface area contributed by atoms with Crippen LogP contribution in [-0.2, 0) is 0 Å². The first-order valence-corrected chi connectivity index (χ1v) is 41.4. The van der Waals surface area contributed by atoms with Crippen molar-refractivity contribution in [2.75, 3.05) is 19.6 Å². The Hall–Kier alpha value is -14.6. The van der Waals surface area contributed by atoms with E-state index in [-0.39, 0.29) is 0 Å². The Morgan fingerprint density at radius 3 is 1.01 bits per heavy atom. The van der Waals surface area contributed by atoms with E-state index in [0.717, 1.165) is 112 Å². The number of anilines is 12. The highest BCUT2D eigenvalue weighted by Gasteiger charge is 2.28. The molecule has 0 amide bonds. The topological polar surface area (TPSA) is 26.1 Å². The van der Waals surface area contributed by atoms with Crippen molar-refractivity contribution in [2.24, 2.45) is 0 Å². The van der Waals surface area contributed by atoms with Crippen molar-refractivity contribution in [3.05, 3.63) is 425 Å². The minimum absolute atomic E-state index is 0.882. The molecule has 117 heavy (non-hydrogen) atoms. The van der Waals surface area contributed by atoms with E-state index in [2.05, 4.69) is 432 Å². The van der Waals surface area contributed by atoms with Gasteiger partial charge in [0.1, 0.15) is 11.2 Å². The maximum absolute atomic E-state index is 6.25. The number of para-hydroxylation sites is 6. The van der Waals surface area contributed by atoms with Crippen LogP contribution in [0.4, 0.5) is 68.2 Å². The summed E-state index contributed by atoms with van der Waals surface area (Å²) in [5.41, 5.74) is 27.0. The quantitative estimate of drug-likeness (QED) is 0.0944. The van der Waals surface area contributed by atoms with Gasteiger partial charge in [-0.05, 0) is 299 Å².